The van der Waals surface area contributed by atoms with Gasteiger partial charge in [-0.3, -0.25) is 14.3 Å². The van der Waals surface area contributed by atoms with Gasteiger partial charge in [0.05, 0.1) is 24.0 Å². The second-order valence-electron chi connectivity index (χ2n) is 7.03. The molecule has 4 aromatic rings. The highest BCUT2D eigenvalue weighted by Crippen LogP contribution is 2.31. The normalized spacial score (nSPS) is 12.3. The topological polar surface area (TPSA) is 89.8 Å². The minimum Gasteiger partial charge on any atom is -0.292 e. The SMILES string of the molecule is O=S(=O)(CSc1nnc(Br)n1Cc1ccc(Br)c2ccccc12)Nc1cncc(C(F)(F)F)c1. The zero-order valence-corrected chi connectivity index (χ0v) is 21.7. The fraction of sp³-hybridized carbons (Fsp3) is 0.150. The minimum atomic E-state index is -4.64. The molecule has 178 valence electrons. The van der Waals surface area contributed by atoms with Crippen LogP contribution in [0.4, 0.5) is 18.9 Å². The number of sulfonamides is 1. The predicted octanol–water partition coefficient (Wildman–Crippen LogP) is 5.91. The molecule has 0 aliphatic heterocycles. The van der Waals surface area contributed by atoms with Crippen molar-refractivity contribution in [3.8, 4) is 0 Å². The molecule has 0 saturated heterocycles. The maximum atomic E-state index is 12.9. The Kier molecular flexibility index (Phi) is 7.22. The van der Waals surface area contributed by atoms with Crippen LogP contribution in [0.25, 0.3) is 10.8 Å². The monoisotopic (exact) mass is 635 g/mol. The van der Waals surface area contributed by atoms with Gasteiger partial charge in [0.2, 0.25) is 14.8 Å². The van der Waals surface area contributed by atoms with Gasteiger partial charge in [0, 0.05) is 10.7 Å². The van der Waals surface area contributed by atoms with Gasteiger partial charge in [0.1, 0.15) is 5.08 Å². The molecule has 2 heterocycles. The van der Waals surface area contributed by atoms with Crippen LogP contribution < -0.4 is 4.72 Å². The van der Waals surface area contributed by atoms with Crippen LogP contribution in [0.1, 0.15) is 11.1 Å². The fourth-order valence-electron chi connectivity index (χ4n) is 3.13. The lowest BCUT2D eigenvalue weighted by Crippen LogP contribution is -2.16. The largest absolute Gasteiger partial charge is 0.417 e. The highest BCUT2D eigenvalue weighted by Gasteiger charge is 2.31. The first kappa shape index (κ1) is 24.9. The Morgan fingerprint density at radius 2 is 1.76 bits per heavy atom. The van der Waals surface area contributed by atoms with E-state index < -0.39 is 26.8 Å². The van der Waals surface area contributed by atoms with Crippen molar-refractivity contribution < 1.29 is 21.6 Å². The van der Waals surface area contributed by atoms with Crippen LogP contribution >= 0.6 is 43.6 Å². The van der Waals surface area contributed by atoms with Crippen molar-refractivity contribution in [3.05, 3.63) is 75.2 Å². The third kappa shape index (κ3) is 5.73. The summed E-state index contributed by atoms with van der Waals surface area (Å²) in [7, 11) is -4.01. The molecule has 14 heteroatoms. The van der Waals surface area contributed by atoms with Gasteiger partial charge in [0.25, 0.3) is 0 Å². The molecule has 0 aliphatic carbocycles. The summed E-state index contributed by atoms with van der Waals surface area (Å²) in [6, 6.07) is 12.4. The Hall–Kier alpha value is -2.16. The van der Waals surface area contributed by atoms with Gasteiger partial charge >= 0.3 is 6.18 Å². The van der Waals surface area contributed by atoms with Crippen molar-refractivity contribution in [3.63, 3.8) is 0 Å². The van der Waals surface area contributed by atoms with Crippen molar-refractivity contribution in [2.75, 3.05) is 9.81 Å². The first-order chi connectivity index (χ1) is 16.0. The highest BCUT2D eigenvalue weighted by molar-refractivity contribution is 9.10. The Labute approximate surface area is 213 Å². The zero-order valence-electron chi connectivity index (χ0n) is 16.9. The molecule has 0 amide bonds. The Morgan fingerprint density at radius 1 is 1.03 bits per heavy atom. The fourth-order valence-corrected chi connectivity index (χ4v) is 6.26. The lowest BCUT2D eigenvalue weighted by molar-refractivity contribution is -0.137. The first-order valence-corrected chi connectivity index (χ1v) is 13.7. The highest BCUT2D eigenvalue weighted by atomic mass is 79.9. The average Bonchev–Trinajstić information content (AvgIpc) is 3.13. The van der Waals surface area contributed by atoms with Crippen LogP contribution in [0.5, 0.6) is 0 Å². The Bertz CT molecular complexity index is 1460. The molecule has 34 heavy (non-hydrogen) atoms. The Morgan fingerprint density at radius 3 is 2.50 bits per heavy atom. The molecular weight excluding hydrogens is 623 g/mol. The quantitative estimate of drug-likeness (QED) is 0.254. The number of rotatable bonds is 7. The van der Waals surface area contributed by atoms with Gasteiger partial charge in [-0.1, -0.05) is 58.0 Å². The van der Waals surface area contributed by atoms with Crippen LogP contribution in [0.3, 0.4) is 0 Å². The number of benzene rings is 2. The van der Waals surface area contributed by atoms with E-state index in [-0.39, 0.29) is 5.69 Å². The summed E-state index contributed by atoms with van der Waals surface area (Å²) in [4.78, 5) is 3.46. The maximum Gasteiger partial charge on any atom is 0.417 e. The molecule has 1 N–H and O–H groups in total. The molecule has 0 spiro atoms. The van der Waals surface area contributed by atoms with E-state index in [1.807, 2.05) is 36.4 Å². The average molecular weight is 637 g/mol. The van der Waals surface area contributed by atoms with Crippen LogP contribution in [-0.4, -0.2) is 33.3 Å². The van der Waals surface area contributed by atoms with Gasteiger partial charge in [-0.05, 0) is 44.4 Å². The van der Waals surface area contributed by atoms with Gasteiger partial charge < -0.3 is 0 Å². The van der Waals surface area contributed by atoms with Crippen molar-refractivity contribution in [2.24, 2.45) is 0 Å². The van der Waals surface area contributed by atoms with Gasteiger partial charge in [0.15, 0.2) is 5.16 Å². The molecule has 0 atom stereocenters. The third-order valence-corrected chi connectivity index (χ3v) is 8.74. The number of alkyl halides is 3. The smallest absolute Gasteiger partial charge is 0.292 e. The minimum absolute atomic E-state index is 0.278. The molecular formula is C20H14Br2F3N5O2S2. The molecule has 4 rings (SSSR count). The molecule has 2 aromatic heterocycles. The van der Waals surface area contributed by atoms with Crippen molar-refractivity contribution in [1.29, 1.82) is 0 Å². The van der Waals surface area contributed by atoms with Crippen LogP contribution in [0, 0.1) is 0 Å². The number of hydrogen-bond donors (Lipinski definition) is 1. The molecule has 0 saturated carbocycles. The second kappa shape index (κ2) is 9.84. The lowest BCUT2D eigenvalue weighted by atomic mass is 10.0. The summed E-state index contributed by atoms with van der Waals surface area (Å²) >= 11 is 7.77. The van der Waals surface area contributed by atoms with E-state index in [9.17, 15) is 21.6 Å². The molecule has 0 radical (unpaired) electrons. The summed E-state index contributed by atoms with van der Waals surface area (Å²) in [5.41, 5.74) is -0.359. The molecule has 0 bridgehead atoms. The number of hydrogen-bond acceptors (Lipinski definition) is 6. The molecule has 0 fully saturated rings. The number of pyridine rings is 1. The van der Waals surface area contributed by atoms with Crippen LogP contribution in [0.15, 0.2) is 69.2 Å². The van der Waals surface area contributed by atoms with Crippen molar-refractivity contribution >= 4 is 70.1 Å². The van der Waals surface area contributed by atoms with E-state index in [1.165, 1.54) is 0 Å². The molecule has 0 unspecified atom stereocenters. The second-order valence-corrected chi connectivity index (χ2v) is 11.6. The predicted molar refractivity (Wildman–Crippen MR) is 131 cm³/mol. The first-order valence-electron chi connectivity index (χ1n) is 9.44. The van der Waals surface area contributed by atoms with E-state index in [4.69, 9.17) is 0 Å². The maximum absolute atomic E-state index is 12.9. The van der Waals surface area contributed by atoms with E-state index in [0.717, 1.165) is 38.8 Å². The number of halogens is 5. The van der Waals surface area contributed by atoms with Gasteiger partial charge in [-0.25, -0.2) is 8.42 Å². The van der Waals surface area contributed by atoms with Crippen molar-refractivity contribution in [1.82, 2.24) is 19.7 Å². The zero-order chi connectivity index (χ0) is 24.5. The van der Waals surface area contributed by atoms with E-state index in [2.05, 4.69) is 51.8 Å². The lowest BCUT2D eigenvalue weighted by Gasteiger charge is -2.12. The van der Waals surface area contributed by atoms with E-state index in [0.29, 0.717) is 28.7 Å². The number of thioether (sulfide) groups is 1. The summed E-state index contributed by atoms with van der Waals surface area (Å²) in [6.45, 7) is 0.370. The summed E-state index contributed by atoms with van der Waals surface area (Å²) in [6.07, 6.45) is -3.00. The standard InChI is InChI=1S/C20H14Br2F3N5O2S2/c21-17-6-5-12(15-3-1-2-4-16(15)17)10-30-18(22)27-28-19(30)33-11-34(31,32)29-14-7-13(8-26-9-14)20(23,24)25/h1-9,29H,10-11H2. The molecule has 0 aliphatic rings. The third-order valence-electron chi connectivity index (χ3n) is 4.64. The number of nitrogens with zero attached hydrogens (tertiary/aromatic N) is 4. The van der Waals surface area contributed by atoms with Gasteiger partial charge in [-0.2, -0.15) is 13.2 Å². The van der Waals surface area contributed by atoms with Crippen molar-refractivity contribution in [2.45, 2.75) is 17.9 Å². The van der Waals surface area contributed by atoms with Crippen LogP contribution in [0.2, 0.25) is 0 Å². The number of fused-ring (bicyclic) bond motifs is 1. The Balaban J connectivity index is 1.52. The number of aromatic nitrogens is 4. The summed E-state index contributed by atoms with van der Waals surface area (Å²) in [5, 5.41) is 9.89. The number of nitrogens with one attached hydrogen (secondary N) is 1. The van der Waals surface area contributed by atoms with Crippen LogP contribution in [-0.2, 0) is 22.7 Å². The van der Waals surface area contributed by atoms with E-state index >= 15 is 0 Å². The number of anilines is 1. The van der Waals surface area contributed by atoms with Gasteiger partial charge in [-0.15, -0.1) is 10.2 Å². The van der Waals surface area contributed by atoms with E-state index in [1.54, 1.807) is 4.57 Å². The molecule has 7 nitrogen and oxygen atoms in total. The molecule has 2 aromatic carbocycles. The summed E-state index contributed by atoms with van der Waals surface area (Å²) < 4.78 is 68.8. The summed E-state index contributed by atoms with van der Waals surface area (Å²) in [5.74, 6) is 0.